The first kappa shape index (κ1) is 9.86. The van der Waals surface area contributed by atoms with Gasteiger partial charge in [0.25, 0.3) is 0 Å². The maximum atomic E-state index is 3.76. The van der Waals surface area contributed by atoms with Crippen molar-refractivity contribution in [2.24, 2.45) is 11.8 Å². The van der Waals surface area contributed by atoms with Gasteiger partial charge in [-0.25, -0.2) is 0 Å². The van der Waals surface area contributed by atoms with E-state index in [4.69, 9.17) is 0 Å². The van der Waals surface area contributed by atoms with Gasteiger partial charge in [-0.05, 0) is 61.1 Å². The average molecular weight is 221 g/mol. The molecular weight excluding hydrogens is 202 g/mol. The van der Waals surface area contributed by atoms with Crippen molar-refractivity contribution >= 4 is 11.3 Å². The van der Waals surface area contributed by atoms with Crippen LogP contribution in [0.2, 0.25) is 0 Å². The van der Waals surface area contributed by atoms with E-state index < -0.39 is 0 Å². The van der Waals surface area contributed by atoms with Crippen molar-refractivity contribution < 1.29 is 0 Å². The second-order valence-electron chi connectivity index (χ2n) is 5.13. The van der Waals surface area contributed by atoms with Crippen molar-refractivity contribution in [3.63, 3.8) is 0 Å². The third kappa shape index (κ3) is 1.98. The highest BCUT2D eigenvalue weighted by Crippen LogP contribution is 2.38. The number of thiophene rings is 1. The lowest BCUT2D eigenvalue weighted by Crippen LogP contribution is -2.26. The molecule has 0 aromatic carbocycles. The molecule has 1 aromatic rings. The van der Waals surface area contributed by atoms with Crippen molar-refractivity contribution in [2.45, 2.75) is 38.6 Å². The van der Waals surface area contributed by atoms with E-state index in [-0.39, 0.29) is 0 Å². The number of nitrogens with one attached hydrogen (secondary N) is 1. The van der Waals surface area contributed by atoms with Gasteiger partial charge in [0, 0.05) is 10.9 Å². The molecule has 0 radical (unpaired) electrons. The predicted molar refractivity (Wildman–Crippen MR) is 65.3 cm³/mol. The summed E-state index contributed by atoms with van der Waals surface area (Å²) < 4.78 is 0. The molecule has 0 spiro atoms. The molecule has 1 aromatic heterocycles. The van der Waals surface area contributed by atoms with Crippen LogP contribution in [-0.2, 0) is 6.42 Å². The monoisotopic (exact) mass is 221 g/mol. The van der Waals surface area contributed by atoms with E-state index in [0.29, 0.717) is 6.04 Å². The van der Waals surface area contributed by atoms with Gasteiger partial charge in [0.15, 0.2) is 0 Å². The molecule has 1 saturated carbocycles. The van der Waals surface area contributed by atoms with Crippen molar-refractivity contribution in [2.75, 3.05) is 6.54 Å². The third-order valence-corrected chi connectivity index (χ3v) is 4.95. The van der Waals surface area contributed by atoms with Gasteiger partial charge < -0.3 is 5.32 Å². The Bertz CT molecular complexity index is 344. The third-order valence-electron chi connectivity index (χ3n) is 3.95. The zero-order valence-electron chi connectivity index (χ0n) is 9.33. The minimum Gasteiger partial charge on any atom is -0.310 e. The van der Waals surface area contributed by atoms with Gasteiger partial charge in [0.1, 0.15) is 0 Å². The number of rotatable bonds is 3. The largest absolute Gasteiger partial charge is 0.310 e. The highest BCUT2D eigenvalue weighted by Gasteiger charge is 2.33. The molecule has 2 aliphatic carbocycles. The summed E-state index contributed by atoms with van der Waals surface area (Å²) in [7, 11) is 0. The lowest BCUT2D eigenvalue weighted by Gasteiger charge is -2.23. The Kier molecular flexibility index (Phi) is 2.57. The maximum Gasteiger partial charge on any atom is 0.0331 e. The Hall–Kier alpha value is -0.340. The van der Waals surface area contributed by atoms with Gasteiger partial charge in [-0.3, -0.25) is 0 Å². The molecule has 2 aliphatic rings. The fourth-order valence-corrected chi connectivity index (χ4v) is 3.66. The molecule has 82 valence electrons. The molecule has 0 bridgehead atoms. The standard InChI is InChI=1S/C13H19NS/c1-9-7-10(9)8-14-12-3-2-4-13-11(12)5-6-15-13/h5-6,9-10,12,14H,2-4,7-8H2,1H3. The Labute approximate surface area is 95.9 Å². The molecule has 15 heavy (non-hydrogen) atoms. The van der Waals surface area contributed by atoms with E-state index in [1.54, 1.807) is 10.4 Å². The van der Waals surface area contributed by atoms with Crippen molar-refractivity contribution in [1.82, 2.24) is 5.32 Å². The van der Waals surface area contributed by atoms with Crippen molar-refractivity contribution in [1.29, 1.82) is 0 Å². The maximum absolute atomic E-state index is 3.76. The summed E-state index contributed by atoms with van der Waals surface area (Å²) in [5.74, 6) is 1.94. The Morgan fingerprint density at radius 3 is 3.20 bits per heavy atom. The number of fused-ring (bicyclic) bond motifs is 1. The molecule has 1 heterocycles. The van der Waals surface area contributed by atoms with E-state index in [2.05, 4.69) is 23.7 Å². The van der Waals surface area contributed by atoms with Crippen molar-refractivity contribution in [3.8, 4) is 0 Å². The van der Waals surface area contributed by atoms with E-state index >= 15 is 0 Å². The van der Waals surface area contributed by atoms with E-state index in [9.17, 15) is 0 Å². The van der Waals surface area contributed by atoms with E-state index in [1.165, 1.54) is 32.2 Å². The smallest absolute Gasteiger partial charge is 0.0331 e. The van der Waals surface area contributed by atoms with Crippen LogP contribution in [0.5, 0.6) is 0 Å². The molecule has 2 heteroatoms. The van der Waals surface area contributed by atoms with Crippen LogP contribution in [0.1, 0.15) is 42.7 Å². The minimum absolute atomic E-state index is 0.660. The normalized spacial score (nSPS) is 33.8. The van der Waals surface area contributed by atoms with Gasteiger partial charge in [-0.1, -0.05) is 6.92 Å². The van der Waals surface area contributed by atoms with E-state index in [1.807, 2.05) is 11.3 Å². The topological polar surface area (TPSA) is 12.0 Å². The molecule has 1 nitrogen and oxygen atoms in total. The highest BCUT2D eigenvalue weighted by atomic mass is 32.1. The minimum atomic E-state index is 0.660. The van der Waals surface area contributed by atoms with Crippen LogP contribution in [0.25, 0.3) is 0 Å². The zero-order valence-corrected chi connectivity index (χ0v) is 10.1. The average Bonchev–Trinajstić information content (AvgIpc) is 2.78. The van der Waals surface area contributed by atoms with Gasteiger partial charge in [0.2, 0.25) is 0 Å². The van der Waals surface area contributed by atoms with Gasteiger partial charge >= 0.3 is 0 Å². The first-order valence-corrected chi connectivity index (χ1v) is 7.02. The van der Waals surface area contributed by atoms with Crippen LogP contribution < -0.4 is 5.32 Å². The Morgan fingerprint density at radius 1 is 1.53 bits per heavy atom. The van der Waals surface area contributed by atoms with Crippen LogP contribution in [0, 0.1) is 11.8 Å². The summed E-state index contributed by atoms with van der Waals surface area (Å²) in [6.07, 6.45) is 5.46. The summed E-state index contributed by atoms with van der Waals surface area (Å²) in [6, 6.07) is 2.99. The van der Waals surface area contributed by atoms with Gasteiger partial charge in [-0.15, -0.1) is 11.3 Å². The lowest BCUT2D eigenvalue weighted by molar-refractivity contribution is 0.448. The summed E-state index contributed by atoms with van der Waals surface area (Å²) in [4.78, 5) is 1.63. The Morgan fingerprint density at radius 2 is 2.40 bits per heavy atom. The van der Waals surface area contributed by atoms with Crippen LogP contribution in [0.4, 0.5) is 0 Å². The fraction of sp³-hybridized carbons (Fsp3) is 0.692. The van der Waals surface area contributed by atoms with E-state index in [0.717, 1.165) is 11.8 Å². The van der Waals surface area contributed by atoms with Gasteiger partial charge in [-0.2, -0.15) is 0 Å². The van der Waals surface area contributed by atoms with Gasteiger partial charge in [0.05, 0.1) is 0 Å². The SMILES string of the molecule is CC1CC1CNC1CCCc2sccc21. The second kappa shape index (κ2) is 3.91. The first-order chi connectivity index (χ1) is 7.34. The van der Waals surface area contributed by atoms with Crippen LogP contribution in [0.15, 0.2) is 11.4 Å². The zero-order chi connectivity index (χ0) is 10.3. The molecule has 1 N–H and O–H groups in total. The second-order valence-corrected chi connectivity index (χ2v) is 6.13. The summed E-state index contributed by atoms with van der Waals surface area (Å²) in [5.41, 5.74) is 1.60. The van der Waals surface area contributed by atoms with Crippen LogP contribution in [0.3, 0.4) is 0 Å². The number of hydrogen-bond donors (Lipinski definition) is 1. The summed E-state index contributed by atoms with van der Waals surface area (Å²) in [6.45, 7) is 3.60. The highest BCUT2D eigenvalue weighted by molar-refractivity contribution is 7.10. The number of aryl methyl sites for hydroxylation is 1. The Balaban J connectivity index is 1.63. The number of hydrogen-bond acceptors (Lipinski definition) is 2. The summed E-state index contributed by atoms with van der Waals surface area (Å²) in [5, 5.41) is 6.02. The molecule has 3 rings (SSSR count). The molecule has 0 aliphatic heterocycles. The van der Waals surface area contributed by atoms with Crippen molar-refractivity contribution in [3.05, 3.63) is 21.9 Å². The fourth-order valence-electron chi connectivity index (χ4n) is 2.68. The first-order valence-electron chi connectivity index (χ1n) is 6.14. The lowest BCUT2D eigenvalue weighted by atomic mass is 9.94. The molecule has 0 saturated heterocycles. The molecule has 1 fully saturated rings. The molecule has 3 atom stereocenters. The molecule has 0 amide bonds. The summed E-state index contributed by atoms with van der Waals surface area (Å²) >= 11 is 1.94. The molecular formula is C13H19NS. The van der Waals surface area contributed by atoms with Crippen LogP contribution >= 0.6 is 11.3 Å². The van der Waals surface area contributed by atoms with Crippen LogP contribution in [-0.4, -0.2) is 6.54 Å². The predicted octanol–water partition coefficient (Wildman–Crippen LogP) is 3.37. The molecule has 3 unspecified atom stereocenters. The quantitative estimate of drug-likeness (QED) is 0.825.